The van der Waals surface area contributed by atoms with Crippen molar-refractivity contribution in [3.05, 3.63) is 0 Å². The normalized spacial score (nSPS) is 27.5. The third-order valence-corrected chi connectivity index (χ3v) is 0.984. The first-order valence-electron chi connectivity index (χ1n) is 2.23. The molecule has 1 unspecified atom stereocenters. The molecular formula is C4H6N2O2. The van der Waals surface area contributed by atoms with E-state index in [0.29, 0.717) is 5.71 Å². The van der Waals surface area contributed by atoms with Crippen LogP contribution in [0.2, 0.25) is 0 Å². The maximum absolute atomic E-state index is 10.3. The van der Waals surface area contributed by atoms with E-state index < -0.39 is 12.0 Å². The van der Waals surface area contributed by atoms with Gasteiger partial charge in [0.15, 0.2) is 0 Å². The average Bonchev–Trinajstić information content (AvgIpc) is 1.98. The Bertz CT molecular complexity index is 152. The molecule has 1 heterocycles. The van der Waals surface area contributed by atoms with E-state index in [1.807, 2.05) is 0 Å². The number of hydrogen-bond acceptors (Lipinski definition) is 4. The van der Waals surface area contributed by atoms with E-state index in [9.17, 15) is 4.79 Å². The van der Waals surface area contributed by atoms with Crippen molar-refractivity contribution in [1.82, 2.24) is 0 Å². The van der Waals surface area contributed by atoms with Crippen LogP contribution in [0.1, 0.15) is 6.92 Å². The van der Waals surface area contributed by atoms with Crippen LogP contribution >= 0.6 is 0 Å². The van der Waals surface area contributed by atoms with Crippen molar-refractivity contribution in [2.24, 2.45) is 10.9 Å². The highest BCUT2D eigenvalue weighted by atomic mass is 16.7. The molecule has 0 aromatic rings. The third-order valence-electron chi connectivity index (χ3n) is 0.984. The molecule has 1 rings (SSSR count). The molecule has 1 aliphatic heterocycles. The van der Waals surface area contributed by atoms with Crippen molar-refractivity contribution in [2.45, 2.75) is 13.0 Å². The summed E-state index contributed by atoms with van der Waals surface area (Å²) in [6, 6.07) is -0.630. The zero-order valence-corrected chi connectivity index (χ0v) is 4.42. The van der Waals surface area contributed by atoms with Crippen LogP contribution in [0.4, 0.5) is 0 Å². The minimum Gasteiger partial charge on any atom is -0.316 e. The van der Waals surface area contributed by atoms with Crippen molar-refractivity contribution in [3.63, 3.8) is 0 Å². The van der Waals surface area contributed by atoms with Gasteiger partial charge in [-0.25, -0.2) is 4.79 Å². The predicted octanol–water partition coefficient (Wildman–Crippen LogP) is -0.754. The molecule has 0 amide bonds. The lowest BCUT2D eigenvalue weighted by atomic mass is 10.2. The van der Waals surface area contributed by atoms with Gasteiger partial charge in [0.2, 0.25) is 0 Å². The summed E-state index contributed by atoms with van der Waals surface area (Å²) in [5, 5.41) is 3.34. The van der Waals surface area contributed by atoms with Gasteiger partial charge in [-0.05, 0) is 6.92 Å². The quantitative estimate of drug-likeness (QED) is 0.421. The molecule has 0 saturated carbocycles. The summed E-state index contributed by atoms with van der Waals surface area (Å²) in [7, 11) is 0. The molecule has 0 aromatic carbocycles. The Kier molecular flexibility index (Phi) is 1.02. The molecule has 0 bridgehead atoms. The minimum atomic E-state index is -0.630. The maximum Gasteiger partial charge on any atom is 0.357 e. The molecule has 44 valence electrons. The third kappa shape index (κ3) is 0.586. The second-order valence-corrected chi connectivity index (χ2v) is 1.62. The van der Waals surface area contributed by atoms with E-state index in [1.54, 1.807) is 6.92 Å². The van der Waals surface area contributed by atoms with E-state index in [-0.39, 0.29) is 0 Å². The number of nitrogens with two attached hydrogens (primary N) is 1. The molecular weight excluding hydrogens is 108 g/mol. The summed E-state index contributed by atoms with van der Waals surface area (Å²) in [5.74, 6) is -0.470. The van der Waals surface area contributed by atoms with Crippen molar-refractivity contribution < 1.29 is 9.63 Å². The number of carbonyl (C=O) groups is 1. The van der Waals surface area contributed by atoms with Gasteiger partial charge >= 0.3 is 5.97 Å². The van der Waals surface area contributed by atoms with Crippen molar-refractivity contribution >= 4 is 11.7 Å². The second kappa shape index (κ2) is 1.56. The molecule has 4 heteroatoms. The lowest BCUT2D eigenvalue weighted by Gasteiger charge is -1.91. The average molecular weight is 114 g/mol. The summed E-state index contributed by atoms with van der Waals surface area (Å²) >= 11 is 0. The van der Waals surface area contributed by atoms with Crippen LogP contribution in [0, 0.1) is 0 Å². The van der Waals surface area contributed by atoms with Gasteiger partial charge in [0.05, 0.1) is 5.71 Å². The fraction of sp³-hybridized carbons (Fsp3) is 0.500. The van der Waals surface area contributed by atoms with E-state index in [0.717, 1.165) is 0 Å². The molecule has 0 saturated heterocycles. The predicted molar refractivity (Wildman–Crippen MR) is 27.2 cm³/mol. The lowest BCUT2D eigenvalue weighted by Crippen LogP contribution is -2.32. The van der Waals surface area contributed by atoms with Gasteiger partial charge in [-0.1, -0.05) is 5.16 Å². The number of hydrogen-bond donors (Lipinski definition) is 1. The molecule has 0 radical (unpaired) electrons. The fourth-order valence-electron chi connectivity index (χ4n) is 0.401. The Morgan fingerprint density at radius 1 is 1.88 bits per heavy atom. The molecule has 2 N–H and O–H groups in total. The molecule has 4 nitrogen and oxygen atoms in total. The van der Waals surface area contributed by atoms with Crippen molar-refractivity contribution in [2.75, 3.05) is 0 Å². The molecule has 0 aromatic heterocycles. The number of rotatable bonds is 0. The van der Waals surface area contributed by atoms with Gasteiger partial charge in [0.1, 0.15) is 6.04 Å². The van der Waals surface area contributed by atoms with Crippen LogP contribution in [0.5, 0.6) is 0 Å². The van der Waals surface area contributed by atoms with Gasteiger partial charge in [-0.3, -0.25) is 0 Å². The first-order valence-corrected chi connectivity index (χ1v) is 2.23. The topological polar surface area (TPSA) is 64.7 Å². The Hall–Kier alpha value is -0.900. The van der Waals surface area contributed by atoms with Crippen LogP contribution in [0.15, 0.2) is 5.16 Å². The van der Waals surface area contributed by atoms with Crippen LogP contribution in [0.25, 0.3) is 0 Å². The van der Waals surface area contributed by atoms with E-state index in [2.05, 4.69) is 9.99 Å². The van der Waals surface area contributed by atoms with Gasteiger partial charge in [-0.15, -0.1) is 0 Å². The SMILES string of the molecule is CC1=NOC(=O)C1N. The molecule has 0 fully saturated rings. The molecule has 1 atom stereocenters. The molecule has 0 aliphatic carbocycles. The summed E-state index contributed by atoms with van der Waals surface area (Å²) in [4.78, 5) is 14.5. The Balaban J connectivity index is 2.72. The van der Waals surface area contributed by atoms with Crippen molar-refractivity contribution in [1.29, 1.82) is 0 Å². The Morgan fingerprint density at radius 3 is 2.62 bits per heavy atom. The Morgan fingerprint density at radius 2 is 2.50 bits per heavy atom. The van der Waals surface area contributed by atoms with Crippen molar-refractivity contribution in [3.8, 4) is 0 Å². The van der Waals surface area contributed by atoms with E-state index in [4.69, 9.17) is 5.73 Å². The standard InChI is InChI=1S/C4H6N2O2/c1-2-3(5)4(7)8-6-2/h3H,5H2,1H3. The summed E-state index contributed by atoms with van der Waals surface area (Å²) < 4.78 is 0. The summed E-state index contributed by atoms with van der Waals surface area (Å²) in [6.07, 6.45) is 0. The smallest absolute Gasteiger partial charge is 0.316 e. The number of nitrogens with zero attached hydrogens (tertiary/aromatic N) is 1. The largest absolute Gasteiger partial charge is 0.357 e. The highest BCUT2D eigenvalue weighted by Gasteiger charge is 2.24. The minimum absolute atomic E-state index is 0.470. The van der Waals surface area contributed by atoms with Gasteiger partial charge in [0.25, 0.3) is 0 Å². The monoisotopic (exact) mass is 114 g/mol. The van der Waals surface area contributed by atoms with E-state index in [1.165, 1.54) is 0 Å². The molecule has 8 heavy (non-hydrogen) atoms. The van der Waals surface area contributed by atoms with Crippen LogP contribution in [-0.4, -0.2) is 17.7 Å². The van der Waals surface area contributed by atoms with Crippen LogP contribution < -0.4 is 5.73 Å². The highest BCUT2D eigenvalue weighted by molar-refractivity contribution is 6.07. The zero-order valence-electron chi connectivity index (χ0n) is 4.42. The molecule has 0 spiro atoms. The first kappa shape index (κ1) is 5.24. The van der Waals surface area contributed by atoms with Gasteiger partial charge < -0.3 is 10.6 Å². The molecule has 1 aliphatic rings. The zero-order chi connectivity index (χ0) is 6.15. The fourth-order valence-corrected chi connectivity index (χ4v) is 0.401. The second-order valence-electron chi connectivity index (χ2n) is 1.62. The highest BCUT2D eigenvalue weighted by Crippen LogP contribution is 1.98. The first-order chi connectivity index (χ1) is 3.72. The Labute approximate surface area is 46.3 Å². The number of oxime groups is 1. The van der Waals surface area contributed by atoms with Crippen LogP contribution in [0.3, 0.4) is 0 Å². The van der Waals surface area contributed by atoms with E-state index >= 15 is 0 Å². The van der Waals surface area contributed by atoms with Gasteiger partial charge in [0, 0.05) is 0 Å². The lowest BCUT2D eigenvalue weighted by molar-refractivity contribution is -0.141. The maximum atomic E-state index is 10.3. The number of carbonyl (C=O) groups excluding carboxylic acids is 1. The van der Waals surface area contributed by atoms with Gasteiger partial charge in [-0.2, -0.15) is 0 Å². The summed E-state index contributed by atoms with van der Waals surface area (Å²) in [5.41, 5.74) is 5.75. The summed E-state index contributed by atoms with van der Waals surface area (Å²) in [6.45, 7) is 1.65. The van der Waals surface area contributed by atoms with Crippen LogP contribution in [-0.2, 0) is 9.63 Å².